The maximum Gasteiger partial charge on any atom is 0.274 e. The number of rotatable bonds is 5. The highest BCUT2D eigenvalue weighted by atomic mass is 35.5. The third-order valence-corrected chi connectivity index (χ3v) is 4.01. The minimum Gasteiger partial charge on any atom is -0.495 e. The van der Waals surface area contributed by atoms with E-state index in [9.17, 15) is 4.79 Å². The van der Waals surface area contributed by atoms with Gasteiger partial charge in [0, 0.05) is 11.1 Å². The van der Waals surface area contributed by atoms with Gasteiger partial charge in [0.05, 0.1) is 23.5 Å². The number of benzene rings is 2. The molecule has 0 radical (unpaired) electrons. The number of methoxy groups -OCH3 is 1. The van der Waals surface area contributed by atoms with E-state index in [0.29, 0.717) is 33.0 Å². The van der Waals surface area contributed by atoms with Crippen LogP contribution in [0.2, 0.25) is 10.0 Å². The first-order valence-electron chi connectivity index (χ1n) is 7.55. The fourth-order valence-corrected chi connectivity index (χ4v) is 2.57. The minimum atomic E-state index is -0.401. The number of aromatic nitrogens is 2. The molecular formula is C18H14Cl2N4O2. The van der Waals surface area contributed by atoms with Crippen molar-refractivity contribution in [1.82, 2.24) is 9.97 Å². The van der Waals surface area contributed by atoms with Gasteiger partial charge in [0.25, 0.3) is 5.91 Å². The first kappa shape index (κ1) is 18.0. The maximum atomic E-state index is 12.4. The zero-order chi connectivity index (χ0) is 18.5. The van der Waals surface area contributed by atoms with Gasteiger partial charge in [-0.25, -0.2) is 9.97 Å². The summed E-state index contributed by atoms with van der Waals surface area (Å²) in [6.07, 6.45) is 1.29. The lowest BCUT2D eigenvalue weighted by Crippen LogP contribution is -2.14. The third kappa shape index (κ3) is 4.22. The highest BCUT2D eigenvalue weighted by molar-refractivity contribution is 6.33. The molecule has 6 nitrogen and oxygen atoms in total. The average Bonchev–Trinajstić information content (AvgIpc) is 2.64. The predicted molar refractivity (Wildman–Crippen MR) is 103 cm³/mol. The van der Waals surface area contributed by atoms with E-state index >= 15 is 0 Å². The molecule has 0 unspecified atom stereocenters. The summed E-state index contributed by atoms with van der Waals surface area (Å²) in [6.45, 7) is 0. The summed E-state index contributed by atoms with van der Waals surface area (Å²) in [5.74, 6) is 0.613. The second-order valence-corrected chi connectivity index (χ2v) is 6.04. The van der Waals surface area contributed by atoms with Crippen molar-refractivity contribution < 1.29 is 9.53 Å². The third-order valence-electron chi connectivity index (χ3n) is 3.45. The highest BCUT2D eigenvalue weighted by Crippen LogP contribution is 2.30. The quantitative estimate of drug-likeness (QED) is 0.656. The topological polar surface area (TPSA) is 76.1 Å². The van der Waals surface area contributed by atoms with E-state index in [1.54, 1.807) is 49.6 Å². The lowest BCUT2D eigenvalue weighted by atomic mass is 10.2. The normalized spacial score (nSPS) is 10.3. The smallest absolute Gasteiger partial charge is 0.274 e. The molecule has 0 fully saturated rings. The van der Waals surface area contributed by atoms with Crippen molar-refractivity contribution in [2.45, 2.75) is 0 Å². The molecule has 0 atom stereocenters. The highest BCUT2D eigenvalue weighted by Gasteiger charge is 2.12. The van der Waals surface area contributed by atoms with Gasteiger partial charge in [0.15, 0.2) is 0 Å². The van der Waals surface area contributed by atoms with E-state index in [2.05, 4.69) is 20.6 Å². The molecule has 8 heteroatoms. The fraction of sp³-hybridized carbons (Fsp3) is 0.0556. The van der Waals surface area contributed by atoms with Gasteiger partial charge in [-0.3, -0.25) is 4.79 Å². The lowest BCUT2D eigenvalue weighted by Gasteiger charge is -2.11. The Morgan fingerprint density at radius 3 is 2.62 bits per heavy atom. The Morgan fingerprint density at radius 1 is 1.04 bits per heavy atom. The summed E-state index contributed by atoms with van der Waals surface area (Å²) < 4.78 is 5.28. The van der Waals surface area contributed by atoms with Gasteiger partial charge in [-0.2, -0.15) is 0 Å². The summed E-state index contributed by atoms with van der Waals surface area (Å²) in [4.78, 5) is 20.5. The Labute approximate surface area is 160 Å². The number of halogens is 2. The van der Waals surface area contributed by atoms with E-state index in [0.717, 1.165) is 0 Å². The van der Waals surface area contributed by atoms with Gasteiger partial charge >= 0.3 is 0 Å². The molecule has 1 amide bonds. The van der Waals surface area contributed by atoms with Crippen LogP contribution in [-0.2, 0) is 0 Å². The number of carbonyl (C=O) groups is 1. The van der Waals surface area contributed by atoms with Crippen molar-refractivity contribution in [3.8, 4) is 5.75 Å². The van der Waals surface area contributed by atoms with Crippen LogP contribution >= 0.6 is 23.2 Å². The molecule has 0 spiro atoms. The van der Waals surface area contributed by atoms with Gasteiger partial charge in [0.1, 0.15) is 23.6 Å². The van der Waals surface area contributed by atoms with Crippen LogP contribution in [0.15, 0.2) is 54.9 Å². The van der Waals surface area contributed by atoms with Crippen LogP contribution in [0.1, 0.15) is 10.5 Å². The summed E-state index contributed by atoms with van der Waals surface area (Å²) in [5.41, 5.74) is 1.31. The van der Waals surface area contributed by atoms with Gasteiger partial charge in [-0.1, -0.05) is 35.3 Å². The number of ether oxygens (including phenoxy) is 1. The molecule has 26 heavy (non-hydrogen) atoms. The van der Waals surface area contributed by atoms with E-state index in [-0.39, 0.29) is 5.69 Å². The second-order valence-electron chi connectivity index (χ2n) is 5.19. The molecule has 0 bridgehead atoms. The van der Waals surface area contributed by atoms with Gasteiger partial charge in [-0.15, -0.1) is 0 Å². The molecule has 2 aromatic carbocycles. The first-order chi connectivity index (χ1) is 12.6. The number of amides is 1. The standard InChI is InChI=1S/C18H14Cl2N4O2/c1-26-16-7-6-11(19)8-14(16)23-17-9-15(21-10-22-17)18(25)24-13-5-3-2-4-12(13)20/h2-10H,1H3,(H,24,25)(H,21,22,23). The first-order valence-corrected chi connectivity index (χ1v) is 8.31. The Bertz CT molecular complexity index is 950. The number of hydrogen-bond donors (Lipinski definition) is 2. The molecule has 1 heterocycles. The average molecular weight is 389 g/mol. The largest absolute Gasteiger partial charge is 0.495 e. The molecular weight excluding hydrogens is 375 g/mol. The molecule has 0 aliphatic rings. The van der Waals surface area contributed by atoms with Crippen molar-refractivity contribution in [3.05, 3.63) is 70.6 Å². The molecule has 0 saturated heterocycles. The van der Waals surface area contributed by atoms with E-state index in [1.165, 1.54) is 12.4 Å². The fourth-order valence-electron chi connectivity index (χ4n) is 2.21. The zero-order valence-electron chi connectivity index (χ0n) is 13.7. The van der Waals surface area contributed by atoms with Crippen LogP contribution in [0.3, 0.4) is 0 Å². The van der Waals surface area contributed by atoms with Gasteiger partial charge < -0.3 is 15.4 Å². The van der Waals surface area contributed by atoms with Gasteiger partial charge in [-0.05, 0) is 30.3 Å². The number of nitrogens with zero attached hydrogens (tertiary/aromatic N) is 2. The zero-order valence-corrected chi connectivity index (χ0v) is 15.2. The number of carbonyl (C=O) groups excluding carboxylic acids is 1. The van der Waals surface area contributed by atoms with Crippen molar-refractivity contribution >= 4 is 46.3 Å². The summed E-state index contributed by atoms with van der Waals surface area (Å²) in [7, 11) is 1.55. The number of nitrogens with one attached hydrogen (secondary N) is 2. The molecule has 3 aromatic rings. The van der Waals surface area contributed by atoms with E-state index in [4.69, 9.17) is 27.9 Å². The van der Waals surface area contributed by atoms with Crippen LogP contribution in [-0.4, -0.2) is 23.0 Å². The molecule has 1 aromatic heterocycles. The molecule has 132 valence electrons. The summed E-state index contributed by atoms with van der Waals surface area (Å²) >= 11 is 12.1. The lowest BCUT2D eigenvalue weighted by molar-refractivity contribution is 0.102. The number of para-hydroxylation sites is 1. The van der Waals surface area contributed by atoms with Gasteiger partial charge in [0.2, 0.25) is 0 Å². The monoisotopic (exact) mass is 388 g/mol. The molecule has 0 aliphatic heterocycles. The van der Waals surface area contributed by atoms with Crippen LogP contribution in [0, 0.1) is 0 Å². The predicted octanol–water partition coefficient (Wildman–Crippen LogP) is 4.79. The van der Waals surface area contributed by atoms with Crippen molar-refractivity contribution in [2.75, 3.05) is 17.7 Å². The molecule has 0 saturated carbocycles. The van der Waals surface area contributed by atoms with Crippen molar-refractivity contribution in [3.63, 3.8) is 0 Å². The Morgan fingerprint density at radius 2 is 1.85 bits per heavy atom. The number of hydrogen-bond acceptors (Lipinski definition) is 5. The summed E-state index contributed by atoms with van der Waals surface area (Å²) in [5, 5.41) is 6.77. The maximum absolute atomic E-state index is 12.4. The van der Waals surface area contributed by atoms with Crippen LogP contribution in [0.4, 0.5) is 17.2 Å². The van der Waals surface area contributed by atoms with Crippen LogP contribution in [0.5, 0.6) is 5.75 Å². The van der Waals surface area contributed by atoms with Crippen molar-refractivity contribution in [2.24, 2.45) is 0 Å². The van der Waals surface area contributed by atoms with Crippen LogP contribution < -0.4 is 15.4 Å². The summed E-state index contributed by atoms with van der Waals surface area (Å²) in [6, 6.07) is 13.6. The van der Waals surface area contributed by atoms with Crippen molar-refractivity contribution in [1.29, 1.82) is 0 Å². The Hall–Kier alpha value is -2.83. The Kier molecular flexibility index (Phi) is 5.55. The minimum absolute atomic E-state index is 0.184. The van der Waals surface area contributed by atoms with E-state index in [1.807, 2.05) is 0 Å². The molecule has 3 rings (SSSR count). The number of anilines is 3. The molecule has 0 aliphatic carbocycles. The molecule has 2 N–H and O–H groups in total. The SMILES string of the molecule is COc1ccc(Cl)cc1Nc1cc(C(=O)Nc2ccccc2Cl)ncn1. The Balaban J connectivity index is 1.81. The second kappa shape index (κ2) is 8.03. The van der Waals surface area contributed by atoms with E-state index < -0.39 is 5.91 Å². The van der Waals surface area contributed by atoms with Crippen LogP contribution in [0.25, 0.3) is 0 Å².